The average Bonchev–Trinajstić information content (AvgIpc) is 3.30. The summed E-state index contributed by atoms with van der Waals surface area (Å²) in [5, 5.41) is 10.4. The number of carbonyl (C=O) groups is 1. The van der Waals surface area contributed by atoms with E-state index in [9.17, 15) is 26.7 Å². The van der Waals surface area contributed by atoms with Crippen LogP contribution in [0.1, 0.15) is 62.2 Å². The minimum absolute atomic E-state index is 0.000181. The van der Waals surface area contributed by atoms with Gasteiger partial charge in [0.25, 0.3) is 0 Å². The maximum Gasteiger partial charge on any atom is 0.421 e. The average molecular weight is 571 g/mol. The summed E-state index contributed by atoms with van der Waals surface area (Å²) in [5.74, 6) is -4.25. The molecular weight excluding hydrogens is 535 g/mol. The summed E-state index contributed by atoms with van der Waals surface area (Å²) in [6.07, 6.45) is 1.70. The van der Waals surface area contributed by atoms with E-state index in [1.165, 1.54) is 24.8 Å². The van der Waals surface area contributed by atoms with Gasteiger partial charge in [-0.1, -0.05) is 0 Å². The molecule has 2 unspecified atom stereocenters. The summed E-state index contributed by atoms with van der Waals surface area (Å²) >= 11 is 0. The number of nitrogens with one attached hydrogen (secondary N) is 2. The lowest BCUT2D eigenvalue weighted by Gasteiger charge is -2.36. The third-order valence-electron chi connectivity index (χ3n) is 8.48. The zero-order chi connectivity index (χ0) is 28.8. The summed E-state index contributed by atoms with van der Waals surface area (Å²) in [4.78, 5) is 24.0. The molecule has 1 amide bonds. The van der Waals surface area contributed by atoms with Gasteiger partial charge in [0.2, 0.25) is 17.8 Å². The first-order valence-corrected chi connectivity index (χ1v) is 13.7. The molecule has 2 saturated heterocycles. The summed E-state index contributed by atoms with van der Waals surface area (Å²) < 4.78 is 69.0. The lowest BCUT2D eigenvalue weighted by molar-refractivity contribution is -0.158. The minimum Gasteiger partial charge on any atom is -0.369 e. The Bertz CT molecular complexity index is 1210. The molecule has 5 rings (SSSR count). The highest BCUT2D eigenvalue weighted by Gasteiger charge is 2.49. The van der Waals surface area contributed by atoms with Gasteiger partial charge < -0.3 is 20.4 Å². The van der Waals surface area contributed by atoms with Crippen LogP contribution in [0.25, 0.3) is 0 Å². The number of alkyl halides is 5. The van der Waals surface area contributed by atoms with Gasteiger partial charge in [-0.15, -0.1) is 0 Å². The smallest absolute Gasteiger partial charge is 0.369 e. The van der Waals surface area contributed by atoms with Crippen molar-refractivity contribution in [2.24, 2.45) is 5.92 Å². The standard InChI is InChI=1S/C26H35F5N8O/c1-15-21(14-39(36-15)19-9-17-5-6-18(10-19)38(17)3)34-24-33-13-20(26(29,30)31)22(35-24)32-7-4-8-37(2)23(40)16-11-25(27,28)12-16/h13-14,16-19H,4-12H2,1-3H3,(H2,32,33,34,35). The van der Waals surface area contributed by atoms with Gasteiger partial charge in [-0.05, 0) is 46.1 Å². The number of aromatic nitrogens is 4. The molecule has 1 aliphatic carbocycles. The number of piperidine rings is 1. The molecule has 14 heteroatoms. The van der Waals surface area contributed by atoms with Crippen molar-refractivity contribution in [1.82, 2.24) is 29.5 Å². The number of amides is 1. The Morgan fingerprint density at radius 2 is 1.85 bits per heavy atom. The SMILES string of the molecule is Cc1nn(C2CC3CCC(C2)N3C)cc1Nc1ncc(C(F)(F)F)c(NCCCN(C)C(=O)C2CC(F)(F)C2)n1. The van der Waals surface area contributed by atoms with Crippen molar-refractivity contribution < 1.29 is 26.7 Å². The van der Waals surface area contributed by atoms with Crippen molar-refractivity contribution in [2.75, 3.05) is 37.8 Å². The highest BCUT2D eigenvalue weighted by atomic mass is 19.4. The van der Waals surface area contributed by atoms with Crippen LogP contribution >= 0.6 is 0 Å². The minimum atomic E-state index is -4.67. The first kappa shape index (κ1) is 28.5. The predicted molar refractivity (Wildman–Crippen MR) is 139 cm³/mol. The van der Waals surface area contributed by atoms with Crippen LogP contribution in [-0.2, 0) is 11.0 Å². The largest absolute Gasteiger partial charge is 0.421 e. The molecule has 2 N–H and O–H groups in total. The second kappa shape index (κ2) is 10.7. The fraction of sp³-hybridized carbons (Fsp3) is 0.692. The molecular formula is C26H35F5N8O. The zero-order valence-corrected chi connectivity index (χ0v) is 22.8. The van der Waals surface area contributed by atoms with Crippen LogP contribution in [0.15, 0.2) is 12.4 Å². The van der Waals surface area contributed by atoms with Crippen LogP contribution < -0.4 is 10.6 Å². The molecule has 3 fully saturated rings. The molecule has 0 aromatic carbocycles. The third-order valence-corrected chi connectivity index (χ3v) is 8.48. The highest BCUT2D eigenvalue weighted by molar-refractivity contribution is 5.79. The molecule has 2 atom stereocenters. The molecule has 1 saturated carbocycles. The number of rotatable bonds is 9. The molecule has 2 aliphatic heterocycles. The summed E-state index contributed by atoms with van der Waals surface area (Å²) in [5.41, 5.74) is 0.313. The number of halogens is 5. The molecule has 4 heterocycles. The molecule has 220 valence electrons. The highest BCUT2D eigenvalue weighted by Crippen LogP contribution is 2.43. The first-order valence-electron chi connectivity index (χ1n) is 13.7. The second-order valence-electron chi connectivity index (χ2n) is 11.4. The van der Waals surface area contributed by atoms with E-state index in [0.717, 1.165) is 19.0 Å². The number of nitrogens with zero attached hydrogens (tertiary/aromatic N) is 6. The van der Waals surface area contributed by atoms with Gasteiger partial charge in [-0.3, -0.25) is 9.48 Å². The van der Waals surface area contributed by atoms with E-state index < -0.39 is 36.4 Å². The Balaban J connectivity index is 1.21. The van der Waals surface area contributed by atoms with Gasteiger partial charge in [0, 0.05) is 63.4 Å². The summed E-state index contributed by atoms with van der Waals surface area (Å²) in [6.45, 7) is 2.13. The van der Waals surface area contributed by atoms with Gasteiger partial charge in [0.1, 0.15) is 11.4 Å². The molecule has 9 nitrogen and oxygen atoms in total. The monoisotopic (exact) mass is 570 g/mol. The van der Waals surface area contributed by atoms with Gasteiger partial charge in [-0.2, -0.15) is 23.3 Å². The summed E-state index contributed by atoms with van der Waals surface area (Å²) in [7, 11) is 3.68. The maximum atomic E-state index is 13.6. The second-order valence-corrected chi connectivity index (χ2v) is 11.4. The number of hydrogen-bond donors (Lipinski definition) is 2. The van der Waals surface area contributed by atoms with E-state index in [1.54, 1.807) is 0 Å². The Kier molecular flexibility index (Phi) is 7.66. The predicted octanol–water partition coefficient (Wildman–Crippen LogP) is 4.85. The topological polar surface area (TPSA) is 91.2 Å². The zero-order valence-electron chi connectivity index (χ0n) is 22.8. The van der Waals surface area contributed by atoms with Crippen molar-refractivity contribution in [1.29, 1.82) is 0 Å². The molecule has 2 aromatic rings. The van der Waals surface area contributed by atoms with Gasteiger partial charge in [-0.25, -0.2) is 13.8 Å². The van der Waals surface area contributed by atoms with E-state index in [0.29, 0.717) is 29.9 Å². The summed E-state index contributed by atoms with van der Waals surface area (Å²) in [6, 6.07) is 1.34. The lowest BCUT2D eigenvalue weighted by Crippen LogP contribution is -2.45. The molecule has 3 aliphatic rings. The number of hydrogen-bond acceptors (Lipinski definition) is 7. The Hall–Kier alpha value is -3.03. The molecule has 2 bridgehead atoms. The van der Waals surface area contributed by atoms with E-state index in [1.807, 2.05) is 17.8 Å². The van der Waals surface area contributed by atoms with Crippen molar-refractivity contribution in [3.63, 3.8) is 0 Å². The van der Waals surface area contributed by atoms with E-state index >= 15 is 0 Å². The van der Waals surface area contributed by atoms with E-state index in [2.05, 4.69) is 37.6 Å². The normalized spacial score (nSPS) is 24.6. The van der Waals surface area contributed by atoms with Gasteiger partial charge in [0.05, 0.1) is 17.4 Å². The number of anilines is 3. The van der Waals surface area contributed by atoms with Crippen LogP contribution in [0.2, 0.25) is 0 Å². The van der Waals surface area contributed by atoms with Crippen molar-refractivity contribution in [3.8, 4) is 0 Å². The van der Waals surface area contributed by atoms with Crippen LogP contribution in [0, 0.1) is 12.8 Å². The fourth-order valence-corrected chi connectivity index (χ4v) is 6.08. The Labute approximate surface area is 229 Å². The molecule has 0 radical (unpaired) electrons. The number of carbonyl (C=O) groups excluding carboxylic acids is 1. The molecule has 2 aromatic heterocycles. The third kappa shape index (κ3) is 6.01. The Morgan fingerprint density at radius 1 is 1.18 bits per heavy atom. The molecule has 40 heavy (non-hydrogen) atoms. The van der Waals surface area contributed by atoms with E-state index in [-0.39, 0.29) is 36.8 Å². The Morgan fingerprint density at radius 3 is 2.48 bits per heavy atom. The van der Waals surface area contributed by atoms with Gasteiger partial charge >= 0.3 is 6.18 Å². The van der Waals surface area contributed by atoms with Crippen LogP contribution in [0.3, 0.4) is 0 Å². The molecule has 0 spiro atoms. The maximum absolute atomic E-state index is 13.6. The van der Waals surface area contributed by atoms with Crippen molar-refractivity contribution in [3.05, 3.63) is 23.7 Å². The lowest BCUT2D eigenvalue weighted by atomic mass is 9.80. The fourth-order valence-electron chi connectivity index (χ4n) is 6.08. The van der Waals surface area contributed by atoms with Crippen molar-refractivity contribution in [2.45, 2.75) is 82.1 Å². The van der Waals surface area contributed by atoms with Gasteiger partial charge in [0.15, 0.2) is 0 Å². The van der Waals surface area contributed by atoms with Crippen LogP contribution in [0.4, 0.5) is 39.4 Å². The number of aryl methyl sites for hydroxylation is 1. The van der Waals surface area contributed by atoms with E-state index in [4.69, 9.17) is 0 Å². The number of fused-ring (bicyclic) bond motifs is 2. The quantitative estimate of drug-likeness (QED) is 0.329. The van der Waals surface area contributed by atoms with Crippen LogP contribution in [-0.4, -0.2) is 80.6 Å². The van der Waals surface area contributed by atoms with Crippen LogP contribution in [0.5, 0.6) is 0 Å². The first-order chi connectivity index (χ1) is 18.8. The van der Waals surface area contributed by atoms with Crippen molar-refractivity contribution >= 4 is 23.4 Å².